The van der Waals surface area contributed by atoms with Gasteiger partial charge in [-0.15, -0.1) is 0 Å². The van der Waals surface area contributed by atoms with E-state index in [-0.39, 0.29) is 0 Å². The predicted octanol–water partition coefficient (Wildman–Crippen LogP) is 1.91. The average Bonchev–Trinajstić information content (AvgIpc) is 2.88. The number of nitrogens with zero attached hydrogens (tertiary/aromatic N) is 2. The molecule has 2 saturated carbocycles. The molecule has 0 aromatic carbocycles. The van der Waals surface area contributed by atoms with Crippen molar-refractivity contribution in [3.05, 3.63) is 12.3 Å². The third kappa shape index (κ3) is 1.84. The van der Waals surface area contributed by atoms with E-state index in [1.165, 1.54) is 25.7 Å². The van der Waals surface area contributed by atoms with Crippen LogP contribution in [0, 0.1) is 17.8 Å². The van der Waals surface area contributed by atoms with Crippen LogP contribution in [-0.2, 0) is 0 Å². The van der Waals surface area contributed by atoms with E-state index in [2.05, 4.69) is 15.3 Å². The van der Waals surface area contributed by atoms with Gasteiger partial charge in [0.15, 0.2) is 0 Å². The lowest BCUT2D eigenvalue weighted by molar-refractivity contribution is 0.348. The van der Waals surface area contributed by atoms with E-state index < -0.39 is 0 Å². The Labute approximate surface area is 95.7 Å². The van der Waals surface area contributed by atoms with Gasteiger partial charge in [0.25, 0.3) is 0 Å². The molecule has 2 aliphatic carbocycles. The van der Waals surface area contributed by atoms with E-state index in [4.69, 9.17) is 5.73 Å². The fraction of sp³-hybridized carbons (Fsp3) is 0.667. The van der Waals surface area contributed by atoms with Crippen LogP contribution in [-0.4, -0.2) is 16.5 Å². The Morgan fingerprint density at radius 3 is 3.00 bits per heavy atom. The first-order valence-corrected chi connectivity index (χ1v) is 6.13. The first-order valence-electron chi connectivity index (χ1n) is 6.13. The molecule has 0 saturated heterocycles. The van der Waals surface area contributed by atoms with Crippen LogP contribution >= 0.6 is 0 Å². The lowest BCUT2D eigenvalue weighted by atomic mass is 9.89. The lowest BCUT2D eigenvalue weighted by Gasteiger charge is -2.21. The molecule has 1 aromatic rings. The maximum atomic E-state index is 5.61. The van der Waals surface area contributed by atoms with Gasteiger partial charge in [0.05, 0.1) is 0 Å². The Bertz CT molecular complexity index is 379. The second kappa shape index (κ2) is 3.92. The van der Waals surface area contributed by atoms with Gasteiger partial charge >= 0.3 is 0 Å². The number of hydrogen-bond donors (Lipinski definition) is 2. The van der Waals surface area contributed by atoms with E-state index >= 15 is 0 Å². The Kier molecular flexibility index (Phi) is 2.42. The minimum atomic E-state index is 0.533. The molecule has 86 valence electrons. The van der Waals surface area contributed by atoms with Crippen molar-refractivity contribution in [1.29, 1.82) is 0 Å². The first kappa shape index (κ1) is 9.87. The average molecular weight is 218 g/mol. The van der Waals surface area contributed by atoms with Gasteiger partial charge in [-0.2, -0.15) is 4.98 Å². The summed E-state index contributed by atoms with van der Waals surface area (Å²) >= 11 is 0. The summed E-state index contributed by atoms with van der Waals surface area (Å²) in [4.78, 5) is 8.31. The van der Waals surface area contributed by atoms with Gasteiger partial charge in [-0.25, -0.2) is 4.98 Å². The highest BCUT2D eigenvalue weighted by molar-refractivity contribution is 5.34. The Hall–Kier alpha value is -1.32. The van der Waals surface area contributed by atoms with E-state index in [1.807, 2.05) is 0 Å². The molecule has 3 N–H and O–H groups in total. The summed E-state index contributed by atoms with van der Waals surface area (Å²) in [5.74, 6) is 3.97. The highest BCUT2D eigenvalue weighted by Crippen LogP contribution is 2.48. The van der Waals surface area contributed by atoms with Gasteiger partial charge in [0, 0.05) is 12.7 Å². The van der Waals surface area contributed by atoms with Crippen molar-refractivity contribution in [3.63, 3.8) is 0 Å². The van der Waals surface area contributed by atoms with Crippen molar-refractivity contribution < 1.29 is 0 Å². The number of nitrogen functional groups attached to an aromatic ring is 1. The zero-order chi connectivity index (χ0) is 11.0. The molecule has 2 bridgehead atoms. The molecule has 3 rings (SSSR count). The van der Waals surface area contributed by atoms with Gasteiger partial charge in [0.2, 0.25) is 5.95 Å². The van der Waals surface area contributed by atoms with Crippen LogP contribution in [0.4, 0.5) is 11.8 Å². The van der Waals surface area contributed by atoms with Crippen LogP contribution < -0.4 is 11.1 Å². The summed E-state index contributed by atoms with van der Waals surface area (Å²) in [7, 11) is 0. The molecule has 0 radical (unpaired) electrons. The number of aromatic nitrogens is 2. The lowest BCUT2D eigenvalue weighted by Crippen LogP contribution is -2.21. The van der Waals surface area contributed by atoms with E-state index in [9.17, 15) is 0 Å². The van der Waals surface area contributed by atoms with Crippen LogP contribution in [0.15, 0.2) is 12.3 Å². The minimum absolute atomic E-state index is 0.533. The molecule has 3 atom stereocenters. The van der Waals surface area contributed by atoms with Crippen molar-refractivity contribution in [2.75, 3.05) is 17.6 Å². The molecule has 4 nitrogen and oxygen atoms in total. The van der Waals surface area contributed by atoms with E-state index in [0.717, 1.165) is 24.3 Å². The molecule has 1 aromatic heterocycles. The van der Waals surface area contributed by atoms with Crippen molar-refractivity contribution in [2.45, 2.75) is 25.7 Å². The largest absolute Gasteiger partial charge is 0.384 e. The monoisotopic (exact) mass is 218 g/mol. The van der Waals surface area contributed by atoms with Crippen molar-refractivity contribution in [1.82, 2.24) is 9.97 Å². The summed E-state index contributed by atoms with van der Waals surface area (Å²) in [6, 6.07) is 1.71. The van der Waals surface area contributed by atoms with E-state index in [0.29, 0.717) is 11.8 Å². The third-order valence-electron chi connectivity index (χ3n) is 4.08. The topological polar surface area (TPSA) is 63.8 Å². The van der Waals surface area contributed by atoms with Crippen LogP contribution in [0.3, 0.4) is 0 Å². The maximum Gasteiger partial charge on any atom is 0.224 e. The number of nitrogens with one attached hydrogen (secondary N) is 1. The molecule has 0 aliphatic heterocycles. The maximum absolute atomic E-state index is 5.61. The van der Waals surface area contributed by atoms with Gasteiger partial charge < -0.3 is 11.1 Å². The summed E-state index contributed by atoms with van der Waals surface area (Å²) < 4.78 is 0. The molecule has 0 spiro atoms. The summed E-state index contributed by atoms with van der Waals surface area (Å²) in [6.07, 6.45) is 7.42. The minimum Gasteiger partial charge on any atom is -0.384 e. The first-order chi connectivity index (χ1) is 7.81. The summed E-state index contributed by atoms with van der Waals surface area (Å²) in [5, 5.41) is 3.31. The summed E-state index contributed by atoms with van der Waals surface area (Å²) in [6.45, 7) is 1.00. The van der Waals surface area contributed by atoms with Crippen LogP contribution in [0.2, 0.25) is 0 Å². The van der Waals surface area contributed by atoms with Gasteiger partial charge in [0.1, 0.15) is 5.82 Å². The second-order valence-electron chi connectivity index (χ2n) is 5.12. The Balaban J connectivity index is 1.57. The molecule has 0 amide bonds. The van der Waals surface area contributed by atoms with Crippen molar-refractivity contribution in [2.24, 2.45) is 17.8 Å². The molecular weight excluding hydrogens is 200 g/mol. The van der Waals surface area contributed by atoms with Gasteiger partial charge in [-0.3, -0.25) is 0 Å². The quantitative estimate of drug-likeness (QED) is 0.813. The van der Waals surface area contributed by atoms with Crippen molar-refractivity contribution >= 4 is 11.8 Å². The summed E-state index contributed by atoms with van der Waals surface area (Å²) in [5.41, 5.74) is 5.61. The third-order valence-corrected chi connectivity index (χ3v) is 4.08. The molecule has 16 heavy (non-hydrogen) atoms. The number of hydrogen-bond acceptors (Lipinski definition) is 4. The SMILES string of the molecule is Nc1ccnc(NCC2CC3CCC2C3)n1. The van der Waals surface area contributed by atoms with Crippen LogP contribution in [0.25, 0.3) is 0 Å². The highest BCUT2D eigenvalue weighted by Gasteiger charge is 2.39. The van der Waals surface area contributed by atoms with E-state index in [1.54, 1.807) is 12.3 Å². The molecule has 1 heterocycles. The fourth-order valence-corrected chi connectivity index (χ4v) is 3.31. The number of fused-ring (bicyclic) bond motifs is 2. The number of nitrogens with two attached hydrogens (primary N) is 1. The molecule has 4 heteroatoms. The standard InChI is InChI=1S/C12H18N4/c13-11-3-4-14-12(16-11)15-7-10-6-8-1-2-9(10)5-8/h3-4,8-10H,1-2,5-7H2,(H3,13,14,15,16). The second-order valence-corrected chi connectivity index (χ2v) is 5.12. The highest BCUT2D eigenvalue weighted by atomic mass is 15.1. The number of anilines is 2. The zero-order valence-corrected chi connectivity index (χ0v) is 9.39. The number of rotatable bonds is 3. The molecule has 2 fully saturated rings. The zero-order valence-electron chi connectivity index (χ0n) is 9.39. The smallest absolute Gasteiger partial charge is 0.224 e. The predicted molar refractivity (Wildman–Crippen MR) is 63.9 cm³/mol. The molecule has 2 aliphatic rings. The van der Waals surface area contributed by atoms with Gasteiger partial charge in [-0.1, -0.05) is 6.42 Å². The van der Waals surface area contributed by atoms with Crippen LogP contribution in [0.1, 0.15) is 25.7 Å². The van der Waals surface area contributed by atoms with Crippen LogP contribution in [0.5, 0.6) is 0 Å². The fourth-order valence-electron chi connectivity index (χ4n) is 3.31. The van der Waals surface area contributed by atoms with Crippen molar-refractivity contribution in [3.8, 4) is 0 Å². The normalized spacial score (nSPS) is 31.9. The Morgan fingerprint density at radius 2 is 2.31 bits per heavy atom. The van der Waals surface area contributed by atoms with Gasteiger partial charge in [-0.05, 0) is 43.1 Å². The Morgan fingerprint density at radius 1 is 1.38 bits per heavy atom. The molecular formula is C12H18N4. The molecule has 3 unspecified atom stereocenters.